The van der Waals surface area contributed by atoms with Crippen molar-refractivity contribution in [3.05, 3.63) is 54.1 Å². The van der Waals surface area contributed by atoms with Crippen LogP contribution in [0, 0.1) is 0 Å². The highest BCUT2D eigenvalue weighted by molar-refractivity contribution is 7.92. The molecule has 6 nitrogen and oxygen atoms in total. The van der Waals surface area contributed by atoms with Crippen LogP contribution in [0.25, 0.3) is 6.08 Å². The van der Waals surface area contributed by atoms with Crippen molar-refractivity contribution in [2.24, 2.45) is 0 Å². The second-order valence-corrected chi connectivity index (χ2v) is 7.65. The molecule has 0 unspecified atom stereocenters. The Hall–Kier alpha value is -2.51. The molecule has 0 saturated heterocycles. The van der Waals surface area contributed by atoms with Crippen LogP contribution < -0.4 is 13.8 Å². The van der Waals surface area contributed by atoms with Crippen LogP contribution in [-0.2, 0) is 14.8 Å². The first kappa shape index (κ1) is 20.8. The minimum absolute atomic E-state index is 0.100. The predicted octanol–water partition coefficient (Wildman–Crippen LogP) is 3.70. The summed E-state index contributed by atoms with van der Waals surface area (Å²) in [5, 5.41) is -0.635. The number of rotatable bonds is 8. The van der Waals surface area contributed by atoms with Gasteiger partial charge in [0.2, 0.25) is 5.24 Å². The number of hydrogen-bond acceptors (Lipinski definition) is 5. The Morgan fingerprint density at radius 2 is 1.81 bits per heavy atom. The van der Waals surface area contributed by atoms with Crippen LogP contribution in [0.5, 0.6) is 11.5 Å². The first-order chi connectivity index (χ1) is 12.8. The lowest BCUT2D eigenvalue weighted by molar-refractivity contribution is -0.107. The number of carbonyl (C=O) groups excluding carboxylic acids is 1. The van der Waals surface area contributed by atoms with Gasteiger partial charge in [0.1, 0.15) is 0 Å². The summed E-state index contributed by atoms with van der Waals surface area (Å²) in [5.41, 5.74) is 1.00. The Labute approximate surface area is 164 Å². The lowest BCUT2D eigenvalue weighted by Crippen LogP contribution is -2.30. The smallest absolute Gasteiger partial charge is 0.264 e. The molecule has 0 heterocycles. The molecule has 2 aromatic rings. The molecule has 0 aliphatic heterocycles. The van der Waals surface area contributed by atoms with Crippen molar-refractivity contribution in [1.82, 2.24) is 0 Å². The average Bonchev–Trinajstić information content (AvgIpc) is 2.66. The Morgan fingerprint density at radius 1 is 1.11 bits per heavy atom. The zero-order valence-electron chi connectivity index (χ0n) is 15.2. The minimum Gasteiger partial charge on any atom is -0.493 e. The van der Waals surface area contributed by atoms with Gasteiger partial charge in [-0.1, -0.05) is 18.2 Å². The number of anilines is 1. The summed E-state index contributed by atoms with van der Waals surface area (Å²) >= 11 is 5.29. The zero-order chi connectivity index (χ0) is 20.0. The fourth-order valence-electron chi connectivity index (χ4n) is 2.54. The van der Waals surface area contributed by atoms with Gasteiger partial charge in [-0.25, -0.2) is 8.42 Å². The Balaban J connectivity index is 2.47. The second kappa shape index (κ2) is 8.92. The quantitative estimate of drug-likeness (QED) is 0.491. The number of hydrogen-bond donors (Lipinski definition) is 0. The third-order valence-electron chi connectivity index (χ3n) is 3.80. The monoisotopic (exact) mass is 409 g/mol. The van der Waals surface area contributed by atoms with E-state index in [0.717, 1.165) is 0 Å². The topological polar surface area (TPSA) is 72.9 Å². The van der Waals surface area contributed by atoms with Crippen molar-refractivity contribution in [3.8, 4) is 11.5 Å². The maximum atomic E-state index is 13.1. The molecule has 8 heteroatoms. The number of ether oxygens (including phenoxy) is 2. The SMILES string of the molecule is CCN(c1ccc(OC)c(OC)c1)S(=O)(=O)c1cccc(C=CC(=O)Cl)c1. The Bertz CT molecular complexity index is 956. The Kier molecular flexibility index (Phi) is 6.87. The number of benzene rings is 2. The fourth-order valence-corrected chi connectivity index (χ4v) is 4.12. The molecular weight excluding hydrogens is 390 g/mol. The zero-order valence-corrected chi connectivity index (χ0v) is 16.8. The summed E-state index contributed by atoms with van der Waals surface area (Å²) in [5.74, 6) is 0.938. The van der Waals surface area contributed by atoms with Crippen LogP contribution in [0.2, 0.25) is 0 Å². The lowest BCUT2D eigenvalue weighted by Gasteiger charge is -2.24. The van der Waals surface area contributed by atoms with E-state index in [-0.39, 0.29) is 11.4 Å². The molecule has 27 heavy (non-hydrogen) atoms. The van der Waals surface area contributed by atoms with Crippen molar-refractivity contribution in [3.63, 3.8) is 0 Å². The Morgan fingerprint density at radius 3 is 2.41 bits per heavy atom. The van der Waals surface area contributed by atoms with Gasteiger partial charge in [-0.2, -0.15) is 0 Å². The van der Waals surface area contributed by atoms with E-state index in [1.165, 1.54) is 42.8 Å². The predicted molar refractivity (Wildman–Crippen MR) is 106 cm³/mol. The molecular formula is C19H20ClNO5S. The molecule has 0 saturated carbocycles. The largest absolute Gasteiger partial charge is 0.493 e. The lowest BCUT2D eigenvalue weighted by atomic mass is 10.2. The van der Waals surface area contributed by atoms with Gasteiger partial charge in [-0.15, -0.1) is 0 Å². The van der Waals surface area contributed by atoms with Crippen LogP contribution in [-0.4, -0.2) is 34.4 Å². The van der Waals surface area contributed by atoms with Crippen LogP contribution in [0.4, 0.5) is 5.69 Å². The summed E-state index contributed by atoms with van der Waals surface area (Å²) in [6, 6.07) is 11.2. The van der Waals surface area contributed by atoms with Crippen molar-refractivity contribution in [1.29, 1.82) is 0 Å². The van der Waals surface area contributed by atoms with E-state index in [1.807, 2.05) is 0 Å². The van der Waals surface area contributed by atoms with Gasteiger partial charge >= 0.3 is 0 Å². The molecule has 0 fully saturated rings. The van der Waals surface area contributed by atoms with E-state index < -0.39 is 15.3 Å². The molecule has 2 aromatic carbocycles. The van der Waals surface area contributed by atoms with Crippen molar-refractivity contribution >= 4 is 38.6 Å². The molecule has 0 radical (unpaired) electrons. The number of halogens is 1. The van der Waals surface area contributed by atoms with Crippen molar-refractivity contribution < 1.29 is 22.7 Å². The maximum Gasteiger partial charge on any atom is 0.264 e. The molecule has 0 bridgehead atoms. The van der Waals surface area contributed by atoms with E-state index in [1.54, 1.807) is 37.3 Å². The summed E-state index contributed by atoms with van der Waals surface area (Å²) < 4.78 is 38.0. The molecule has 0 spiro atoms. The highest BCUT2D eigenvalue weighted by atomic mass is 35.5. The van der Waals surface area contributed by atoms with E-state index in [9.17, 15) is 13.2 Å². The van der Waals surface area contributed by atoms with Gasteiger partial charge in [0.15, 0.2) is 11.5 Å². The van der Waals surface area contributed by atoms with E-state index >= 15 is 0 Å². The maximum absolute atomic E-state index is 13.1. The second-order valence-electron chi connectivity index (χ2n) is 5.42. The number of carbonyl (C=O) groups is 1. The van der Waals surface area contributed by atoms with Crippen LogP contribution >= 0.6 is 11.6 Å². The van der Waals surface area contributed by atoms with Gasteiger partial charge in [0, 0.05) is 12.6 Å². The van der Waals surface area contributed by atoms with Gasteiger partial charge in [-0.05, 0) is 54.4 Å². The van der Waals surface area contributed by atoms with Gasteiger partial charge in [-0.3, -0.25) is 9.10 Å². The number of methoxy groups -OCH3 is 2. The molecule has 0 aliphatic rings. The van der Waals surface area contributed by atoms with E-state index in [2.05, 4.69) is 0 Å². The minimum atomic E-state index is -3.82. The molecule has 0 aromatic heterocycles. The van der Waals surface area contributed by atoms with Crippen LogP contribution in [0.3, 0.4) is 0 Å². The first-order valence-electron chi connectivity index (χ1n) is 8.05. The standard InChI is InChI=1S/C19H20ClNO5S/c1-4-21(15-9-10-17(25-2)18(13-15)26-3)27(23,24)16-7-5-6-14(12-16)8-11-19(20)22/h5-13H,4H2,1-3H3. The third kappa shape index (κ3) is 4.81. The highest BCUT2D eigenvalue weighted by Gasteiger charge is 2.24. The van der Waals surface area contributed by atoms with Gasteiger partial charge < -0.3 is 9.47 Å². The fraction of sp³-hybridized carbons (Fsp3) is 0.211. The molecule has 0 amide bonds. The first-order valence-corrected chi connectivity index (χ1v) is 9.87. The highest BCUT2D eigenvalue weighted by Crippen LogP contribution is 2.33. The van der Waals surface area contributed by atoms with Crippen molar-refractivity contribution in [2.75, 3.05) is 25.1 Å². The van der Waals surface area contributed by atoms with Crippen LogP contribution in [0.1, 0.15) is 12.5 Å². The number of allylic oxidation sites excluding steroid dienone is 1. The van der Waals surface area contributed by atoms with Gasteiger partial charge in [0.25, 0.3) is 10.0 Å². The normalized spacial score (nSPS) is 11.4. The van der Waals surface area contributed by atoms with Crippen LogP contribution in [0.15, 0.2) is 53.4 Å². The van der Waals surface area contributed by atoms with E-state index in [4.69, 9.17) is 21.1 Å². The third-order valence-corrected chi connectivity index (χ3v) is 5.82. The summed E-state index contributed by atoms with van der Waals surface area (Å²) in [6.07, 6.45) is 2.63. The summed E-state index contributed by atoms with van der Waals surface area (Å²) in [4.78, 5) is 11.0. The molecule has 2 rings (SSSR count). The summed E-state index contributed by atoms with van der Waals surface area (Å²) in [7, 11) is -0.828. The van der Waals surface area contributed by atoms with Crippen molar-refractivity contribution in [2.45, 2.75) is 11.8 Å². The molecule has 0 atom stereocenters. The van der Waals surface area contributed by atoms with E-state index in [0.29, 0.717) is 22.7 Å². The molecule has 0 aliphatic carbocycles. The molecule has 0 N–H and O–H groups in total. The average molecular weight is 410 g/mol. The summed E-state index contributed by atoms with van der Waals surface area (Å²) in [6.45, 7) is 1.96. The number of sulfonamides is 1. The van der Waals surface area contributed by atoms with Gasteiger partial charge in [0.05, 0.1) is 24.8 Å². The number of nitrogens with zero attached hydrogens (tertiary/aromatic N) is 1. The molecule has 144 valence electrons.